The van der Waals surface area contributed by atoms with Crippen molar-refractivity contribution in [1.29, 1.82) is 0 Å². The molecule has 0 unspecified atom stereocenters. The molecular weight excluding hydrogens is 310 g/mol. The molecule has 1 aromatic rings. The van der Waals surface area contributed by atoms with Crippen molar-refractivity contribution >= 4 is 33.8 Å². The molecule has 20 heavy (non-hydrogen) atoms. The molecule has 0 bridgehead atoms. The van der Waals surface area contributed by atoms with Crippen LogP contribution < -0.4 is 5.32 Å². The molecule has 0 heterocycles. The summed E-state index contributed by atoms with van der Waals surface area (Å²) in [6, 6.07) is 4.95. The van der Waals surface area contributed by atoms with Crippen LogP contribution in [0.15, 0.2) is 29.2 Å². The lowest BCUT2D eigenvalue weighted by molar-refractivity contribution is -0.143. The smallest absolute Gasteiger partial charge is 0.423 e. The van der Waals surface area contributed by atoms with Crippen LogP contribution in [0, 0.1) is 0 Å². The van der Waals surface area contributed by atoms with Gasteiger partial charge in [0.05, 0.1) is 0 Å². The van der Waals surface area contributed by atoms with Gasteiger partial charge in [-0.05, 0) is 38.1 Å². The number of hydrogen-bond acceptors (Lipinski definition) is 5. The van der Waals surface area contributed by atoms with E-state index in [9.17, 15) is 18.0 Å². The average molecular weight is 322 g/mol. The summed E-state index contributed by atoms with van der Waals surface area (Å²) in [4.78, 5) is 21.9. The highest BCUT2D eigenvalue weighted by molar-refractivity contribution is 7.87. The van der Waals surface area contributed by atoms with Gasteiger partial charge in [0.15, 0.2) is 0 Å². The molecule has 0 atom stereocenters. The molecule has 7 nitrogen and oxygen atoms in total. The maximum absolute atomic E-state index is 11.7. The van der Waals surface area contributed by atoms with E-state index in [1.54, 1.807) is 0 Å². The summed E-state index contributed by atoms with van der Waals surface area (Å²) in [7, 11) is -4.34. The lowest BCUT2D eigenvalue weighted by Crippen LogP contribution is -2.50. The Kier molecular flexibility index (Phi) is 4.61. The number of benzene rings is 1. The fourth-order valence-electron chi connectivity index (χ4n) is 1.08. The van der Waals surface area contributed by atoms with Crippen molar-refractivity contribution in [1.82, 2.24) is 5.32 Å². The molecule has 0 saturated carbocycles. The van der Waals surface area contributed by atoms with Gasteiger partial charge in [0.25, 0.3) is 0 Å². The van der Waals surface area contributed by atoms with Crippen molar-refractivity contribution in [2.24, 2.45) is 0 Å². The summed E-state index contributed by atoms with van der Waals surface area (Å²) in [6.45, 7) is 2.37. The van der Waals surface area contributed by atoms with E-state index >= 15 is 0 Å². The average Bonchev–Trinajstić information content (AvgIpc) is 2.27. The Morgan fingerprint density at radius 2 is 1.75 bits per heavy atom. The first kappa shape index (κ1) is 16.3. The van der Waals surface area contributed by atoms with Crippen LogP contribution >= 0.6 is 11.6 Å². The minimum atomic E-state index is -4.34. The standard InChI is InChI=1S/C11H12ClNO6S/c1-11(2,9(14)15)13-10(16)19-20(17,18)8-5-3-7(12)4-6-8/h3-6H,1-2H3,(H,13,16)(H,14,15). The van der Waals surface area contributed by atoms with E-state index in [0.717, 1.165) is 12.1 Å². The highest BCUT2D eigenvalue weighted by Gasteiger charge is 2.31. The molecule has 1 rings (SSSR count). The predicted octanol–water partition coefficient (Wildman–Crippen LogP) is 1.62. The van der Waals surface area contributed by atoms with Gasteiger partial charge in [-0.1, -0.05) is 11.6 Å². The zero-order valence-electron chi connectivity index (χ0n) is 10.6. The number of halogens is 1. The van der Waals surface area contributed by atoms with Crippen molar-refractivity contribution < 1.29 is 27.3 Å². The van der Waals surface area contributed by atoms with E-state index in [2.05, 4.69) is 4.18 Å². The van der Waals surface area contributed by atoms with Gasteiger partial charge in [-0.15, -0.1) is 0 Å². The van der Waals surface area contributed by atoms with Crippen molar-refractivity contribution in [3.63, 3.8) is 0 Å². The van der Waals surface area contributed by atoms with E-state index in [4.69, 9.17) is 16.7 Å². The summed E-state index contributed by atoms with van der Waals surface area (Å²) in [5.41, 5.74) is -1.66. The van der Waals surface area contributed by atoms with Gasteiger partial charge in [-0.25, -0.2) is 9.59 Å². The van der Waals surface area contributed by atoms with Gasteiger partial charge < -0.3 is 14.6 Å². The summed E-state index contributed by atoms with van der Waals surface area (Å²) in [6.07, 6.45) is -1.38. The Morgan fingerprint density at radius 1 is 1.25 bits per heavy atom. The molecule has 2 N–H and O–H groups in total. The number of hydrogen-bond donors (Lipinski definition) is 2. The summed E-state index contributed by atoms with van der Waals surface area (Å²) < 4.78 is 27.7. The van der Waals surface area contributed by atoms with Crippen LogP contribution in [-0.2, 0) is 19.1 Å². The van der Waals surface area contributed by atoms with Crippen LogP contribution in [0.3, 0.4) is 0 Å². The third kappa shape index (κ3) is 4.10. The monoisotopic (exact) mass is 321 g/mol. The fraction of sp³-hybridized carbons (Fsp3) is 0.273. The SMILES string of the molecule is CC(C)(NC(=O)OS(=O)(=O)c1ccc(Cl)cc1)C(=O)O. The quantitative estimate of drug-likeness (QED) is 0.815. The topological polar surface area (TPSA) is 110 Å². The molecule has 0 aliphatic carbocycles. The molecule has 1 amide bonds. The fourth-order valence-corrected chi connectivity index (χ4v) is 2.01. The predicted molar refractivity (Wildman–Crippen MR) is 70.0 cm³/mol. The Balaban J connectivity index is 2.84. The van der Waals surface area contributed by atoms with Crippen molar-refractivity contribution in [2.75, 3.05) is 0 Å². The molecule has 0 radical (unpaired) electrons. The van der Waals surface area contributed by atoms with E-state index in [-0.39, 0.29) is 4.90 Å². The number of carbonyl (C=O) groups excluding carboxylic acids is 1. The van der Waals surface area contributed by atoms with Crippen LogP contribution in [-0.4, -0.2) is 31.1 Å². The molecule has 110 valence electrons. The molecular formula is C11H12ClNO6S. The number of carbonyl (C=O) groups is 2. The van der Waals surface area contributed by atoms with Gasteiger partial charge in [0, 0.05) is 5.02 Å². The summed E-state index contributed by atoms with van der Waals surface area (Å²) in [5, 5.41) is 11.0. The molecule has 0 saturated heterocycles. The zero-order valence-corrected chi connectivity index (χ0v) is 12.2. The first-order valence-electron chi connectivity index (χ1n) is 5.30. The number of aliphatic carboxylic acids is 1. The zero-order chi connectivity index (χ0) is 15.6. The Hall–Kier alpha value is -1.80. The second kappa shape index (κ2) is 5.68. The number of nitrogens with one attached hydrogen (secondary N) is 1. The number of carboxylic acids is 1. The molecule has 1 aromatic carbocycles. The molecule has 9 heteroatoms. The number of rotatable bonds is 4. The van der Waals surface area contributed by atoms with E-state index in [1.807, 2.05) is 5.32 Å². The van der Waals surface area contributed by atoms with E-state index in [0.29, 0.717) is 5.02 Å². The first-order valence-corrected chi connectivity index (χ1v) is 7.09. The highest BCUT2D eigenvalue weighted by Crippen LogP contribution is 2.16. The van der Waals surface area contributed by atoms with Crippen LogP contribution in [0.2, 0.25) is 5.02 Å². The number of amides is 1. The normalized spacial score (nSPS) is 11.8. The van der Waals surface area contributed by atoms with Gasteiger partial charge >= 0.3 is 22.2 Å². The minimum absolute atomic E-state index is 0.273. The van der Waals surface area contributed by atoms with Gasteiger partial charge in [0.1, 0.15) is 10.4 Å². The molecule has 0 fully saturated rings. The van der Waals surface area contributed by atoms with Gasteiger partial charge in [0.2, 0.25) is 0 Å². The third-order valence-corrected chi connectivity index (χ3v) is 3.71. The third-order valence-electron chi connectivity index (χ3n) is 2.24. The van der Waals surface area contributed by atoms with Gasteiger partial charge in [-0.3, -0.25) is 0 Å². The maximum atomic E-state index is 11.7. The lowest BCUT2D eigenvalue weighted by atomic mass is 10.1. The van der Waals surface area contributed by atoms with Crippen LogP contribution in [0.1, 0.15) is 13.8 Å². The van der Waals surface area contributed by atoms with Crippen LogP contribution in [0.5, 0.6) is 0 Å². The van der Waals surface area contributed by atoms with Crippen LogP contribution in [0.4, 0.5) is 4.79 Å². The summed E-state index contributed by atoms with van der Waals surface area (Å²) in [5.74, 6) is -1.33. The van der Waals surface area contributed by atoms with E-state index in [1.165, 1.54) is 26.0 Å². The maximum Gasteiger partial charge on any atom is 0.423 e. The minimum Gasteiger partial charge on any atom is -0.480 e. The molecule has 0 spiro atoms. The van der Waals surface area contributed by atoms with Crippen molar-refractivity contribution in [2.45, 2.75) is 24.3 Å². The van der Waals surface area contributed by atoms with Crippen molar-refractivity contribution in [3.8, 4) is 0 Å². The Bertz CT molecular complexity index is 623. The Morgan fingerprint density at radius 3 is 2.20 bits per heavy atom. The highest BCUT2D eigenvalue weighted by atomic mass is 35.5. The summed E-state index contributed by atoms with van der Waals surface area (Å²) >= 11 is 5.61. The lowest BCUT2D eigenvalue weighted by Gasteiger charge is -2.20. The number of carboxylic acid groups (broad SMARTS) is 1. The van der Waals surface area contributed by atoms with Crippen LogP contribution in [0.25, 0.3) is 0 Å². The van der Waals surface area contributed by atoms with E-state index < -0.39 is 27.7 Å². The largest absolute Gasteiger partial charge is 0.480 e. The second-order valence-corrected chi connectivity index (χ2v) is 6.32. The second-order valence-electron chi connectivity index (χ2n) is 4.33. The Labute approximate surface area is 120 Å². The molecule has 0 aromatic heterocycles. The van der Waals surface area contributed by atoms with Crippen molar-refractivity contribution in [3.05, 3.63) is 29.3 Å². The van der Waals surface area contributed by atoms with Gasteiger partial charge in [-0.2, -0.15) is 8.42 Å². The molecule has 0 aliphatic rings. The first-order chi connectivity index (χ1) is 9.04. The molecule has 0 aliphatic heterocycles.